The van der Waals surface area contributed by atoms with Crippen molar-refractivity contribution in [2.45, 2.75) is 50.6 Å². The van der Waals surface area contributed by atoms with Crippen molar-refractivity contribution in [3.8, 4) is 0 Å². The smallest absolute Gasteiger partial charge is 0.251 e. The van der Waals surface area contributed by atoms with Gasteiger partial charge in [0.1, 0.15) is 5.00 Å². The molecule has 0 aliphatic carbocycles. The fourth-order valence-corrected chi connectivity index (χ4v) is 5.51. The van der Waals surface area contributed by atoms with Crippen molar-refractivity contribution in [2.75, 3.05) is 17.6 Å². The molecule has 1 aliphatic heterocycles. The van der Waals surface area contributed by atoms with E-state index in [9.17, 15) is 9.59 Å². The molecular weight excluding hydrogens is 390 g/mol. The summed E-state index contributed by atoms with van der Waals surface area (Å²) in [5, 5.41) is 3.56. The molecule has 1 aromatic heterocycles. The Morgan fingerprint density at radius 2 is 2.04 bits per heavy atom. The van der Waals surface area contributed by atoms with Crippen LogP contribution in [-0.2, 0) is 17.8 Å². The third-order valence-corrected chi connectivity index (χ3v) is 7.11. The number of anilines is 1. The van der Waals surface area contributed by atoms with Crippen LogP contribution in [0.25, 0.3) is 0 Å². The van der Waals surface area contributed by atoms with Crippen molar-refractivity contribution in [3.05, 3.63) is 46.3 Å². The number of hydrogen-bond acceptors (Lipinski definition) is 5. The summed E-state index contributed by atoms with van der Waals surface area (Å²) in [6.45, 7) is 6.06. The summed E-state index contributed by atoms with van der Waals surface area (Å²) in [4.78, 5) is 29.2. The van der Waals surface area contributed by atoms with Crippen LogP contribution in [0.5, 0.6) is 0 Å². The van der Waals surface area contributed by atoms with Crippen molar-refractivity contribution in [3.63, 3.8) is 0 Å². The number of benzene rings is 1. The third-order valence-electron chi connectivity index (χ3n) is 4.88. The number of nitrogens with two attached hydrogens (primary N) is 1. The Bertz CT molecular complexity index is 834. The fourth-order valence-electron chi connectivity index (χ4n) is 3.34. The molecule has 0 atom stereocenters. The van der Waals surface area contributed by atoms with Crippen molar-refractivity contribution in [2.24, 2.45) is 5.73 Å². The molecule has 0 saturated heterocycles. The molecule has 1 aliphatic rings. The van der Waals surface area contributed by atoms with Gasteiger partial charge in [0.2, 0.25) is 5.91 Å². The quantitative estimate of drug-likeness (QED) is 0.500. The van der Waals surface area contributed by atoms with Gasteiger partial charge in [-0.2, -0.15) is 0 Å². The average molecular weight is 418 g/mol. The van der Waals surface area contributed by atoms with E-state index < -0.39 is 5.91 Å². The molecule has 2 aromatic rings. The van der Waals surface area contributed by atoms with E-state index in [1.807, 2.05) is 18.2 Å². The number of hydrogen-bond donors (Lipinski definition) is 2. The lowest BCUT2D eigenvalue weighted by molar-refractivity contribution is -0.116. The first-order valence-corrected chi connectivity index (χ1v) is 11.4. The largest absolute Gasteiger partial charge is 0.365 e. The van der Waals surface area contributed by atoms with Crippen molar-refractivity contribution >= 4 is 39.9 Å². The van der Waals surface area contributed by atoms with Crippen LogP contribution in [0.1, 0.15) is 47.5 Å². The molecule has 2 heterocycles. The Kier molecular flexibility index (Phi) is 7.15. The van der Waals surface area contributed by atoms with Gasteiger partial charge in [-0.05, 0) is 50.1 Å². The Hall–Kier alpha value is -1.83. The van der Waals surface area contributed by atoms with Crippen LogP contribution in [-0.4, -0.2) is 35.1 Å². The fraction of sp³-hybridized carbons (Fsp3) is 0.429. The topological polar surface area (TPSA) is 75.4 Å². The lowest BCUT2D eigenvalue weighted by Gasteiger charge is -2.30. The predicted octanol–water partition coefficient (Wildman–Crippen LogP) is 4.12. The summed E-state index contributed by atoms with van der Waals surface area (Å²) >= 11 is 3.24. The number of amides is 2. The first-order chi connectivity index (χ1) is 13.5. The van der Waals surface area contributed by atoms with E-state index in [0.717, 1.165) is 42.1 Å². The highest BCUT2D eigenvalue weighted by Gasteiger charge is 2.28. The van der Waals surface area contributed by atoms with E-state index in [4.69, 9.17) is 5.73 Å². The normalized spacial score (nSPS) is 14.1. The summed E-state index contributed by atoms with van der Waals surface area (Å²) in [5.41, 5.74) is 7.17. The van der Waals surface area contributed by atoms with Crippen LogP contribution >= 0.6 is 23.1 Å². The van der Waals surface area contributed by atoms with Crippen LogP contribution < -0.4 is 11.1 Å². The van der Waals surface area contributed by atoms with Crippen molar-refractivity contribution < 1.29 is 9.59 Å². The van der Waals surface area contributed by atoms with Gasteiger partial charge in [-0.1, -0.05) is 18.2 Å². The standard InChI is InChI=1S/C21H27N3O2S2/c1-14(2)24-11-10-16-17(13-24)28-21(19(16)20(22)26)23-18(25)9-6-12-27-15-7-4-3-5-8-15/h3-5,7-8,14H,6,9-13H2,1-2H3,(H2,22,26)(H,23,25). The number of carbonyl (C=O) groups excluding carboxylic acids is 2. The van der Waals surface area contributed by atoms with Gasteiger partial charge in [0, 0.05) is 35.3 Å². The summed E-state index contributed by atoms with van der Waals surface area (Å²) in [6, 6.07) is 10.6. The molecule has 0 unspecified atom stereocenters. The minimum absolute atomic E-state index is 0.0597. The molecule has 0 spiro atoms. The number of rotatable bonds is 8. The third kappa shape index (κ3) is 5.16. The molecule has 0 fully saturated rings. The second-order valence-corrected chi connectivity index (χ2v) is 9.47. The maximum atomic E-state index is 12.4. The van der Waals surface area contributed by atoms with E-state index in [-0.39, 0.29) is 5.91 Å². The zero-order valence-corrected chi connectivity index (χ0v) is 18.0. The molecule has 7 heteroatoms. The number of carbonyl (C=O) groups is 2. The van der Waals surface area contributed by atoms with E-state index in [1.54, 1.807) is 11.8 Å². The molecule has 0 saturated carbocycles. The maximum absolute atomic E-state index is 12.4. The second kappa shape index (κ2) is 9.58. The van der Waals surface area contributed by atoms with E-state index in [1.165, 1.54) is 16.2 Å². The molecular formula is C21H27N3O2S2. The minimum atomic E-state index is -0.453. The Morgan fingerprint density at radius 1 is 1.29 bits per heavy atom. The zero-order valence-electron chi connectivity index (χ0n) is 16.4. The molecule has 150 valence electrons. The van der Waals surface area contributed by atoms with Crippen molar-refractivity contribution in [1.82, 2.24) is 4.90 Å². The van der Waals surface area contributed by atoms with Gasteiger partial charge in [-0.3, -0.25) is 14.5 Å². The zero-order chi connectivity index (χ0) is 20.1. The van der Waals surface area contributed by atoms with Crippen LogP contribution in [0.4, 0.5) is 5.00 Å². The van der Waals surface area contributed by atoms with Crippen molar-refractivity contribution in [1.29, 1.82) is 0 Å². The number of thioether (sulfide) groups is 1. The molecule has 3 N–H and O–H groups in total. The number of nitrogens with zero attached hydrogens (tertiary/aromatic N) is 1. The second-order valence-electron chi connectivity index (χ2n) is 7.20. The molecule has 1 aromatic carbocycles. The molecule has 0 bridgehead atoms. The molecule has 28 heavy (non-hydrogen) atoms. The Balaban J connectivity index is 1.58. The SMILES string of the molecule is CC(C)N1CCc2c(sc(NC(=O)CCCSc3ccccc3)c2C(N)=O)C1. The van der Waals surface area contributed by atoms with Gasteiger partial charge >= 0.3 is 0 Å². The van der Waals surface area contributed by atoms with Crippen LogP contribution in [0.15, 0.2) is 35.2 Å². The number of thiophene rings is 1. The highest BCUT2D eigenvalue weighted by molar-refractivity contribution is 7.99. The van der Waals surface area contributed by atoms with Gasteiger partial charge in [0.15, 0.2) is 0 Å². The minimum Gasteiger partial charge on any atom is -0.365 e. The highest BCUT2D eigenvalue weighted by atomic mass is 32.2. The van der Waals surface area contributed by atoms with E-state index in [2.05, 4.69) is 36.2 Å². The van der Waals surface area contributed by atoms with Crippen LogP contribution in [0.3, 0.4) is 0 Å². The lowest BCUT2D eigenvalue weighted by Crippen LogP contribution is -2.35. The first-order valence-electron chi connectivity index (χ1n) is 9.61. The van der Waals surface area contributed by atoms with E-state index in [0.29, 0.717) is 23.0 Å². The van der Waals surface area contributed by atoms with Gasteiger partial charge in [0.25, 0.3) is 5.91 Å². The van der Waals surface area contributed by atoms with Crippen LogP contribution in [0.2, 0.25) is 0 Å². The summed E-state index contributed by atoms with van der Waals surface area (Å²) in [5.74, 6) is 0.366. The number of fused-ring (bicyclic) bond motifs is 1. The maximum Gasteiger partial charge on any atom is 0.251 e. The van der Waals surface area contributed by atoms with E-state index >= 15 is 0 Å². The first kappa shape index (κ1) is 20.9. The Labute approximate surface area is 174 Å². The van der Waals surface area contributed by atoms with Gasteiger partial charge < -0.3 is 11.1 Å². The monoisotopic (exact) mass is 417 g/mol. The number of nitrogens with one attached hydrogen (secondary N) is 1. The molecule has 0 radical (unpaired) electrons. The molecule has 2 amide bonds. The summed E-state index contributed by atoms with van der Waals surface area (Å²) in [6.07, 6.45) is 2.01. The van der Waals surface area contributed by atoms with Crippen LogP contribution in [0, 0.1) is 0 Å². The predicted molar refractivity (Wildman–Crippen MR) is 117 cm³/mol. The number of primary amides is 1. The van der Waals surface area contributed by atoms with Gasteiger partial charge in [0.05, 0.1) is 5.56 Å². The average Bonchev–Trinajstić information content (AvgIpc) is 3.03. The highest BCUT2D eigenvalue weighted by Crippen LogP contribution is 2.37. The molecule has 5 nitrogen and oxygen atoms in total. The molecule has 3 rings (SSSR count). The Morgan fingerprint density at radius 3 is 2.71 bits per heavy atom. The lowest BCUT2D eigenvalue weighted by atomic mass is 10.0. The summed E-state index contributed by atoms with van der Waals surface area (Å²) < 4.78 is 0. The van der Waals surface area contributed by atoms with Gasteiger partial charge in [-0.15, -0.1) is 23.1 Å². The summed E-state index contributed by atoms with van der Waals surface area (Å²) in [7, 11) is 0. The van der Waals surface area contributed by atoms with Gasteiger partial charge in [-0.25, -0.2) is 0 Å².